The van der Waals surface area contributed by atoms with Gasteiger partial charge in [-0.1, -0.05) is 12.1 Å². The molecule has 0 unspecified atom stereocenters. The van der Waals surface area contributed by atoms with Crippen molar-refractivity contribution in [3.05, 3.63) is 52.4 Å². The molecule has 3 aromatic rings. The number of hydrogen-bond donors (Lipinski definition) is 2. The largest absolute Gasteiger partial charge is 0.438 e. The fraction of sp³-hybridized carbons (Fsp3) is 0.154. The van der Waals surface area contributed by atoms with E-state index in [4.69, 9.17) is 4.74 Å². The highest BCUT2D eigenvalue weighted by Crippen LogP contribution is 2.20. The van der Waals surface area contributed by atoms with Crippen LogP contribution in [0.1, 0.15) is 5.56 Å². The minimum Gasteiger partial charge on any atom is -0.438 e. The van der Waals surface area contributed by atoms with E-state index in [1.54, 1.807) is 12.1 Å². The molecule has 7 nitrogen and oxygen atoms in total. The highest BCUT2D eigenvalue weighted by molar-refractivity contribution is 5.37. The minimum absolute atomic E-state index is 0.336. The molecule has 0 bridgehead atoms. The maximum atomic E-state index is 11.4. The molecular formula is C13H13N5O2. The maximum absolute atomic E-state index is 11.4. The lowest BCUT2D eigenvalue weighted by atomic mass is 10.2. The van der Waals surface area contributed by atoms with Crippen LogP contribution in [0.15, 0.2) is 41.2 Å². The topological polar surface area (TPSA) is 84.3 Å². The van der Waals surface area contributed by atoms with E-state index in [9.17, 15) is 4.79 Å². The van der Waals surface area contributed by atoms with Gasteiger partial charge in [0.15, 0.2) is 5.65 Å². The highest BCUT2D eigenvalue weighted by Gasteiger charge is 2.05. The molecule has 0 spiro atoms. The SMILES string of the molecule is CNCc1cccc(Oc2ccc3n[nH]c(=O)n3n2)c1. The van der Waals surface area contributed by atoms with Crippen molar-refractivity contribution in [2.45, 2.75) is 6.54 Å². The van der Waals surface area contributed by atoms with Gasteiger partial charge in [0.05, 0.1) is 0 Å². The number of aromatic amines is 1. The van der Waals surface area contributed by atoms with Crippen LogP contribution in [-0.4, -0.2) is 26.9 Å². The van der Waals surface area contributed by atoms with E-state index in [-0.39, 0.29) is 0 Å². The zero-order valence-corrected chi connectivity index (χ0v) is 10.8. The quantitative estimate of drug-likeness (QED) is 0.737. The van der Waals surface area contributed by atoms with Gasteiger partial charge in [0.25, 0.3) is 0 Å². The molecule has 2 aromatic heterocycles. The van der Waals surface area contributed by atoms with Crippen molar-refractivity contribution in [1.29, 1.82) is 0 Å². The summed E-state index contributed by atoms with van der Waals surface area (Å²) >= 11 is 0. The lowest BCUT2D eigenvalue weighted by molar-refractivity contribution is 0.450. The molecule has 2 N–H and O–H groups in total. The van der Waals surface area contributed by atoms with Crippen molar-refractivity contribution < 1.29 is 4.74 Å². The summed E-state index contributed by atoms with van der Waals surface area (Å²) in [5.74, 6) is 1.00. The van der Waals surface area contributed by atoms with Gasteiger partial charge in [-0.25, -0.2) is 9.89 Å². The normalized spacial score (nSPS) is 10.8. The van der Waals surface area contributed by atoms with Gasteiger partial charge < -0.3 is 10.1 Å². The molecule has 2 heterocycles. The summed E-state index contributed by atoms with van der Waals surface area (Å²) in [7, 11) is 1.88. The first-order valence-electron chi connectivity index (χ1n) is 6.12. The van der Waals surface area contributed by atoms with Crippen molar-refractivity contribution in [3.8, 4) is 11.6 Å². The predicted octanol–water partition coefficient (Wildman–Crippen LogP) is 0.929. The number of nitrogens with zero attached hydrogens (tertiary/aromatic N) is 3. The van der Waals surface area contributed by atoms with Crippen LogP contribution in [-0.2, 0) is 6.54 Å². The number of H-pyrrole nitrogens is 1. The molecule has 0 aliphatic carbocycles. The Morgan fingerprint density at radius 3 is 3.10 bits per heavy atom. The molecule has 0 radical (unpaired) electrons. The van der Waals surface area contributed by atoms with Crippen molar-refractivity contribution in [1.82, 2.24) is 25.1 Å². The van der Waals surface area contributed by atoms with Crippen LogP contribution in [0.25, 0.3) is 5.65 Å². The number of rotatable bonds is 4. The molecule has 0 aliphatic heterocycles. The van der Waals surface area contributed by atoms with Crippen molar-refractivity contribution in [2.75, 3.05) is 7.05 Å². The van der Waals surface area contributed by atoms with E-state index >= 15 is 0 Å². The van der Waals surface area contributed by atoms with Crippen LogP contribution in [0.3, 0.4) is 0 Å². The monoisotopic (exact) mass is 271 g/mol. The van der Waals surface area contributed by atoms with Gasteiger partial charge in [0.1, 0.15) is 5.75 Å². The van der Waals surface area contributed by atoms with E-state index in [2.05, 4.69) is 20.6 Å². The Morgan fingerprint density at radius 2 is 2.25 bits per heavy atom. The van der Waals surface area contributed by atoms with Gasteiger partial charge in [-0.05, 0) is 30.8 Å². The summed E-state index contributed by atoms with van der Waals surface area (Å²) in [5.41, 5.74) is 1.16. The highest BCUT2D eigenvalue weighted by atomic mass is 16.5. The molecule has 0 atom stereocenters. The van der Waals surface area contributed by atoms with E-state index in [0.29, 0.717) is 17.3 Å². The lowest BCUT2D eigenvalue weighted by Gasteiger charge is -2.06. The van der Waals surface area contributed by atoms with E-state index < -0.39 is 5.69 Å². The van der Waals surface area contributed by atoms with Crippen LogP contribution in [0, 0.1) is 0 Å². The Morgan fingerprint density at radius 1 is 1.35 bits per heavy atom. The Kier molecular flexibility index (Phi) is 3.18. The third-order valence-corrected chi connectivity index (χ3v) is 2.75. The Labute approximate surface area is 114 Å². The van der Waals surface area contributed by atoms with E-state index in [1.165, 1.54) is 0 Å². The zero-order chi connectivity index (χ0) is 13.9. The van der Waals surface area contributed by atoms with Crippen LogP contribution in [0.5, 0.6) is 11.6 Å². The zero-order valence-electron chi connectivity index (χ0n) is 10.8. The van der Waals surface area contributed by atoms with Crippen molar-refractivity contribution in [2.24, 2.45) is 0 Å². The van der Waals surface area contributed by atoms with Crippen molar-refractivity contribution >= 4 is 5.65 Å². The second-order valence-corrected chi connectivity index (χ2v) is 4.25. The number of aromatic nitrogens is 4. The second-order valence-electron chi connectivity index (χ2n) is 4.25. The number of hydrogen-bond acceptors (Lipinski definition) is 5. The molecule has 0 aliphatic rings. The molecular weight excluding hydrogens is 258 g/mol. The van der Waals surface area contributed by atoms with Crippen LogP contribution in [0.2, 0.25) is 0 Å². The number of fused-ring (bicyclic) bond motifs is 1. The van der Waals surface area contributed by atoms with E-state index in [0.717, 1.165) is 16.6 Å². The molecule has 102 valence electrons. The first-order valence-corrected chi connectivity index (χ1v) is 6.12. The summed E-state index contributed by atoms with van der Waals surface area (Å²) in [4.78, 5) is 11.4. The number of benzene rings is 1. The summed E-state index contributed by atoms with van der Waals surface area (Å²) < 4.78 is 6.82. The summed E-state index contributed by atoms with van der Waals surface area (Å²) in [6, 6.07) is 11.0. The summed E-state index contributed by atoms with van der Waals surface area (Å²) in [6.45, 7) is 0.755. The molecule has 3 rings (SSSR count). The van der Waals surface area contributed by atoms with E-state index in [1.807, 2.05) is 31.3 Å². The summed E-state index contributed by atoms with van der Waals surface area (Å²) in [6.07, 6.45) is 0. The lowest BCUT2D eigenvalue weighted by Crippen LogP contribution is -2.12. The number of ether oxygens (including phenoxy) is 1. The van der Waals surface area contributed by atoms with Crippen molar-refractivity contribution in [3.63, 3.8) is 0 Å². The Balaban J connectivity index is 1.90. The average Bonchev–Trinajstić information content (AvgIpc) is 2.81. The van der Waals surface area contributed by atoms with Gasteiger partial charge >= 0.3 is 5.69 Å². The average molecular weight is 271 g/mol. The first kappa shape index (κ1) is 12.4. The van der Waals surface area contributed by atoms with Gasteiger partial charge in [-0.3, -0.25) is 0 Å². The molecule has 0 amide bonds. The summed E-state index contributed by atoms with van der Waals surface area (Å²) in [5, 5.41) is 13.3. The molecule has 7 heteroatoms. The van der Waals surface area contributed by atoms with Gasteiger partial charge in [0, 0.05) is 12.6 Å². The van der Waals surface area contributed by atoms with Crippen LogP contribution >= 0.6 is 0 Å². The molecule has 0 fully saturated rings. The standard InChI is InChI=1S/C13H13N5O2/c1-14-8-9-3-2-4-10(7-9)20-12-6-5-11-15-16-13(19)18(11)17-12/h2-7,14H,8H2,1H3,(H,16,19). The number of nitrogens with one attached hydrogen (secondary N) is 2. The van der Waals surface area contributed by atoms with Gasteiger partial charge in [-0.2, -0.15) is 9.61 Å². The second kappa shape index (κ2) is 5.14. The van der Waals surface area contributed by atoms with Gasteiger partial charge in [0.2, 0.25) is 5.88 Å². The minimum atomic E-state index is -0.394. The predicted molar refractivity (Wildman–Crippen MR) is 72.9 cm³/mol. The Hall–Kier alpha value is -2.67. The smallest absolute Gasteiger partial charge is 0.364 e. The Bertz CT molecular complexity index is 793. The van der Waals surface area contributed by atoms with Crippen LogP contribution < -0.4 is 15.7 Å². The van der Waals surface area contributed by atoms with Crippen LogP contribution in [0.4, 0.5) is 0 Å². The molecule has 1 aromatic carbocycles. The molecule has 0 saturated carbocycles. The fourth-order valence-corrected chi connectivity index (χ4v) is 1.88. The first-order chi connectivity index (χ1) is 9.76. The third-order valence-electron chi connectivity index (χ3n) is 2.75. The fourth-order valence-electron chi connectivity index (χ4n) is 1.88. The third kappa shape index (κ3) is 2.39. The molecule has 20 heavy (non-hydrogen) atoms. The molecule has 0 saturated heterocycles. The maximum Gasteiger partial charge on any atom is 0.364 e. The van der Waals surface area contributed by atoms with Gasteiger partial charge in [-0.15, -0.1) is 5.10 Å².